The number of aromatic amines is 1. The van der Waals surface area contributed by atoms with Gasteiger partial charge in [0.25, 0.3) is 0 Å². The molecule has 0 spiro atoms. The van der Waals surface area contributed by atoms with E-state index in [1.165, 1.54) is 18.5 Å². The fraction of sp³-hybridized carbons (Fsp3) is 0.294. The smallest absolute Gasteiger partial charge is 0.340 e. The summed E-state index contributed by atoms with van der Waals surface area (Å²) in [6.45, 7) is 0.109. The topological polar surface area (TPSA) is 67.9 Å². The van der Waals surface area contributed by atoms with Crippen LogP contribution in [0.4, 0.5) is 17.6 Å². The van der Waals surface area contributed by atoms with Crippen molar-refractivity contribution in [2.24, 2.45) is 0 Å². The highest BCUT2D eigenvalue weighted by Gasteiger charge is 2.41. The molecule has 5 nitrogen and oxygen atoms in total. The first-order chi connectivity index (χ1) is 12.7. The van der Waals surface area contributed by atoms with Gasteiger partial charge in [-0.1, -0.05) is 6.07 Å². The third-order valence-corrected chi connectivity index (χ3v) is 4.85. The molecule has 0 bridgehead atoms. The zero-order valence-electron chi connectivity index (χ0n) is 14.3. The van der Waals surface area contributed by atoms with Crippen molar-refractivity contribution in [3.63, 3.8) is 0 Å². The van der Waals surface area contributed by atoms with Gasteiger partial charge in [-0.15, -0.1) is 0 Å². The van der Waals surface area contributed by atoms with Crippen molar-refractivity contribution in [2.45, 2.75) is 24.2 Å². The number of alkyl halides is 4. The van der Waals surface area contributed by atoms with Crippen LogP contribution >= 0.6 is 0 Å². The molecular weight excluding hydrogens is 386 g/mol. The van der Waals surface area contributed by atoms with E-state index in [1.54, 1.807) is 25.1 Å². The van der Waals surface area contributed by atoms with Crippen LogP contribution in [0.2, 0.25) is 0 Å². The molecule has 2 heterocycles. The van der Waals surface area contributed by atoms with Gasteiger partial charge in [-0.3, -0.25) is 9.19 Å². The fourth-order valence-electron chi connectivity index (χ4n) is 2.50. The highest BCUT2D eigenvalue weighted by molar-refractivity contribution is 7.84. The number of rotatable bonds is 6. The molecule has 0 amide bonds. The van der Waals surface area contributed by atoms with E-state index in [1.807, 2.05) is 0 Å². The van der Waals surface area contributed by atoms with E-state index in [9.17, 15) is 21.8 Å². The minimum absolute atomic E-state index is 0.0000671. The summed E-state index contributed by atoms with van der Waals surface area (Å²) in [6, 6.07) is 6.49. The van der Waals surface area contributed by atoms with Crippen LogP contribution in [0.15, 0.2) is 35.4 Å². The zero-order chi connectivity index (χ0) is 19.8. The van der Waals surface area contributed by atoms with E-state index in [0.29, 0.717) is 33.0 Å². The number of nitrogens with zero attached hydrogens (tertiary/aromatic N) is 2. The van der Waals surface area contributed by atoms with Gasteiger partial charge < -0.3 is 9.72 Å². The molecule has 1 atom stereocenters. The second-order valence-corrected chi connectivity index (χ2v) is 7.17. The molecule has 0 saturated carbocycles. The molecule has 0 aliphatic heterocycles. The van der Waals surface area contributed by atoms with Crippen molar-refractivity contribution in [2.75, 3.05) is 12.9 Å². The van der Waals surface area contributed by atoms with E-state index in [-0.39, 0.29) is 5.75 Å². The number of pyridine rings is 1. The number of benzene rings is 1. The molecule has 1 aromatic carbocycles. The molecule has 2 aromatic heterocycles. The summed E-state index contributed by atoms with van der Waals surface area (Å²) in [4.78, 5) is 12.2. The normalized spacial score (nSPS) is 13.3. The number of hydrogen-bond donors (Lipinski definition) is 1. The van der Waals surface area contributed by atoms with Crippen LogP contribution < -0.4 is 4.74 Å². The standard InChI is InChI=1S/C17H15F4N3O2S/c1-9-11(26-8-17(20,21)16(18)19)6-7-22-13(9)15-23-10-4-3-5-12(27(2)25)14(10)24-15/h3-7,16H,8H2,1-2H3,(H,23,24). The molecule has 0 saturated heterocycles. The number of ether oxygens (including phenoxy) is 1. The van der Waals surface area contributed by atoms with Gasteiger partial charge in [-0.05, 0) is 25.1 Å². The molecule has 3 aromatic rings. The zero-order valence-corrected chi connectivity index (χ0v) is 15.1. The van der Waals surface area contributed by atoms with Crippen LogP contribution in [-0.4, -0.2) is 44.4 Å². The van der Waals surface area contributed by atoms with Crippen molar-refractivity contribution in [3.8, 4) is 17.3 Å². The maximum absolute atomic E-state index is 13.1. The molecule has 0 aliphatic rings. The highest BCUT2D eigenvalue weighted by atomic mass is 32.2. The number of imidazole rings is 1. The summed E-state index contributed by atoms with van der Waals surface area (Å²) < 4.78 is 67.6. The summed E-state index contributed by atoms with van der Waals surface area (Å²) in [5.41, 5.74) is 1.82. The Morgan fingerprint density at radius 3 is 2.70 bits per heavy atom. The number of para-hydroxylation sites is 1. The van der Waals surface area contributed by atoms with Crippen LogP contribution in [0.3, 0.4) is 0 Å². The van der Waals surface area contributed by atoms with Gasteiger partial charge in [-0.25, -0.2) is 13.8 Å². The Morgan fingerprint density at radius 2 is 2.04 bits per heavy atom. The van der Waals surface area contributed by atoms with Gasteiger partial charge in [0.2, 0.25) is 0 Å². The maximum Gasteiger partial charge on any atom is 0.340 e. The summed E-state index contributed by atoms with van der Waals surface area (Å²) >= 11 is 0. The molecule has 0 radical (unpaired) electrons. The van der Waals surface area contributed by atoms with Crippen molar-refractivity contribution < 1.29 is 26.5 Å². The Labute approximate surface area is 154 Å². The van der Waals surface area contributed by atoms with Crippen LogP contribution in [-0.2, 0) is 10.8 Å². The molecule has 10 heteroatoms. The summed E-state index contributed by atoms with van der Waals surface area (Å²) in [5, 5.41) is 0. The Hall–Kier alpha value is -2.49. The van der Waals surface area contributed by atoms with Crippen LogP contribution in [0.5, 0.6) is 5.75 Å². The SMILES string of the molecule is Cc1c(OCC(F)(F)C(F)F)ccnc1-c1nc2c(S(C)=O)cccc2[nH]1. The predicted molar refractivity (Wildman–Crippen MR) is 92.8 cm³/mol. The number of nitrogens with one attached hydrogen (secondary N) is 1. The summed E-state index contributed by atoms with van der Waals surface area (Å²) in [6.07, 6.45) is -0.975. The number of hydrogen-bond acceptors (Lipinski definition) is 4. The molecule has 1 N–H and O–H groups in total. The summed E-state index contributed by atoms with van der Waals surface area (Å²) in [7, 11) is -1.26. The molecule has 144 valence electrons. The first-order valence-electron chi connectivity index (χ1n) is 7.77. The Bertz CT molecular complexity index is 1010. The average Bonchev–Trinajstić information content (AvgIpc) is 3.04. The van der Waals surface area contributed by atoms with E-state index in [4.69, 9.17) is 4.74 Å². The first kappa shape index (κ1) is 19.3. The third-order valence-electron chi connectivity index (χ3n) is 3.90. The number of halogens is 4. The van der Waals surface area contributed by atoms with Crippen molar-refractivity contribution in [1.29, 1.82) is 0 Å². The lowest BCUT2D eigenvalue weighted by Crippen LogP contribution is -2.33. The molecule has 3 rings (SSSR count). The van der Waals surface area contributed by atoms with E-state index in [0.717, 1.165) is 0 Å². The second-order valence-electron chi connectivity index (χ2n) is 5.82. The van der Waals surface area contributed by atoms with Crippen molar-refractivity contribution in [3.05, 3.63) is 36.0 Å². The molecular formula is C17H15F4N3O2S. The molecule has 0 fully saturated rings. The minimum Gasteiger partial charge on any atom is -0.487 e. The monoisotopic (exact) mass is 401 g/mol. The Morgan fingerprint density at radius 1 is 1.30 bits per heavy atom. The lowest BCUT2D eigenvalue weighted by Gasteiger charge is -2.17. The van der Waals surface area contributed by atoms with E-state index in [2.05, 4.69) is 15.0 Å². The number of H-pyrrole nitrogens is 1. The minimum atomic E-state index is -4.25. The van der Waals surface area contributed by atoms with Crippen LogP contribution in [0.1, 0.15) is 5.56 Å². The van der Waals surface area contributed by atoms with Gasteiger partial charge >= 0.3 is 12.3 Å². The van der Waals surface area contributed by atoms with Gasteiger partial charge in [0.15, 0.2) is 12.4 Å². The second kappa shape index (κ2) is 7.26. The predicted octanol–water partition coefficient (Wildman–Crippen LogP) is 3.95. The molecule has 0 aliphatic carbocycles. The third kappa shape index (κ3) is 3.80. The highest BCUT2D eigenvalue weighted by Crippen LogP contribution is 2.31. The number of aromatic nitrogens is 3. The number of fused-ring (bicyclic) bond motifs is 1. The maximum atomic E-state index is 13.1. The van der Waals surface area contributed by atoms with Gasteiger partial charge in [-0.2, -0.15) is 8.78 Å². The average molecular weight is 401 g/mol. The Kier molecular flexibility index (Phi) is 5.18. The van der Waals surface area contributed by atoms with E-state index < -0.39 is 29.8 Å². The molecule has 1 unspecified atom stereocenters. The Balaban J connectivity index is 1.98. The van der Waals surface area contributed by atoms with E-state index >= 15 is 0 Å². The quantitative estimate of drug-likeness (QED) is 0.635. The van der Waals surface area contributed by atoms with Gasteiger partial charge in [0, 0.05) is 18.0 Å². The lowest BCUT2D eigenvalue weighted by molar-refractivity contribution is -0.148. The largest absolute Gasteiger partial charge is 0.487 e. The first-order valence-corrected chi connectivity index (χ1v) is 9.33. The van der Waals surface area contributed by atoms with Crippen molar-refractivity contribution in [1.82, 2.24) is 15.0 Å². The van der Waals surface area contributed by atoms with Gasteiger partial charge in [0.1, 0.15) is 17.0 Å². The van der Waals surface area contributed by atoms with Gasteiger partial charge in [0.05, 0.1) is 21.2 Å². The molecule has 27 heavy (non-hydrogen) atoms. The summed E-state index contributed by atoms with van der Waals surface area (Å²) in [5.74, 6) is -3.93. The van der Waals surface area contributed by atoms with Crippen LogP contribution in [0, 0.1) is 6.92 Å². The lowest BCUT2D eigenvalue weighted by atomic mass is 10.2. The van der Waals surface area contributed by atoms with Crippen LogP contribution in [0.25, 0.3) is 22.6 Å². The fourth-order valence-corrected chi connectivity index (χ4v) is 3.20. The van der Waals surface area contributed by atoms with Crippen molar-refractivity contribution >= 4 is 21.8 Å².